The van der Waals surface area contributed by atoms with Crippen LogP contribution in [0.15, 0.2) is 6.20 Å². The monoisotopic (exact) mass is 180 g/mol. The second-order valence-electron chi connectivity index (χ2n) is 3.92. The summed E-state index contributed by atoms with van der Waals surface area (Å²) in [6, 6.07) is 0. The van der Waals surface area contributed by atoms with Gasteiger partial charge >= 0.3 is 0 Å². The fourth-order valence-corrected chi connectivity index (χ4v) is 1.75. The third-order valence-electron chi connectivity index (χ3n) is 2.89. The normalized spacial score (nSPS) is 17.4. The van der Waals surface area contributed by atoms with Gasteiger partial charge in [0.2, 0.25) is 0 Å². The molecule has 3 heteroatoms. The highest BCUT2D eigenvalue weighted by Crippen LogP contribution is 2.27. The number of aliphatic hydroxyl groups is 1. The van der Waals surface area contributed by atoms with Gasteiger partial charge in [-0.3, -0.25) is 4.68 Å². The van der Waals surface area contributed by atoms with Gasteiger partial charge in [-0.1, -0.05) is 6.42 Å². The second kappa shape index (κ2) is 3.50. The fourth-order valence-electron chi connectivity index (χ4n) is 1.75. The Balaban J connectivity index is 2.03. The molecule has 1 aliphatic carbocycles. The van der Waals surface area contributed by atoms with Crippen LogP contribution >= 0.6 is 0 Å². The molecule has 1 saturated carbocycles. The summed E-state index contributed by atoms with van der Waals surface area (Å²) < 4.78 is 1.98. The predicted octanol–water partition coefficient (Wildman–Crippen LogP) is 1.48. The van der Waals surface area contributed by atoms with Gasteiger partial charge in [0.05, 0.1) is 12.3 Å². The topological polar surface area (TPSA) is 38.0 Å². The van der Waals surface area contributed by atoms with Gasteiger partial charge in [-0.25, -0.2) is 0 Å². The fraction of sp³-hybridized carbons (Fsp3) is 0.700. The Kier molecular flexibility index (Phi) is 2.36. The number of hydrogen-bond acceptors (Lipinski definition) is 2. The second-order valence-corrected chi connectivity index (χ2v) is 3.92. The van der Waals surface area contributed by atoms with E-state index in [0.29, 0.717) is 0 Å². The number of rotatable bonds is 3. The number of hydrogen-bond donors (Lipinski definition) is 1. The van der Waals surface area contributed by atoms with Gasteiger partial charge in [0.25, 0.3) is 0 Å². The van der Waals surface area contributed by atoms with Gasteiger partial charge in [-0.05, 0) is 25.7 Å². The molecule has 0 unspecified atom stereocenters. The molecule has 3 nitrogen and oxygen atoms in total. The standard InChI is InChI=1S/C10H16N2O/c1-8-10(7-13)6-12(11-8)5-9-3-2-4-9/h6,9,13H,2-5,7H2,1H3. The van der Waals surface area contributed by atoms with Crippen molar-refractivity contribution in [1.29, 1.82) is 0 Å². The van der Waals surface area contributed by atoms with E-state index in [2.05, 4.69) is 5.10 Å². The van der Waals surface area contributed by atoms with Crippen molar-refractivity contribution in [2.24, 2.45) is 5.92 Å². The maximum Gasteiger partial charge on any atom is 0.0715 e. The first kappa shape index (κ1) is 8.75. The molecule has 0 bridgehead atoms. The average Bonchev–Trinajstić information content (AvgIpc) is 2.39. The van der Waals surface area contributed by atoms with Crippen LogP contribution in [0, 0.1) is 12.8 Å². The highest BCUT2D eigenvalue weighted by Gasteiger charge is 2.18. The van der Waals surface area contributed by atoms with Crippen LogP contribution in [0.4, 0.5) is 0 Å². The van der Waals surface area contributed by atoms with Crippen molar-refractivity contribution in [2.45, 2.75) is 39.3 Å². The van der Waals surface area contributed by atoms with Crippen LogP contribution in [0.5, 0.6) is 0 Å². The summed E-state index contributed by atoms with van der Waals surface area (Å²) in [6.45, 7) is 3.08. The zero-order valence-corrected chi connectivity index (χ0v) is 8.03. The van der Waals surface area contributed by atoms with Crippen molar-refractivity contribution in [2.75, 3.05) is 0 Å². The quantitative estimate of drug-likeness (QED) is 0.765. The van der Waals surface area contributed by atoms with Crippen molar-refractivity contribution in [1.82, 2.24) is 9.78 Å². The molecule has 0 amide bonds. The summed E-state index contributed by atoms with van der Waals surface area (Å²) in [7, 11) is 0. The first-order valence-corrected chi connectivity index (χ1v) is 4.93. The molecule has 13 heavy (non-hydrogen) atoms. The van der Waals surface area contributed by atoms with Gasteiger partial charge in [0, 0.05) is 18.3 Å². The third-order valence-corrected chi connectivity index (χ3v) is 2.89. The molecule has 1 N–H and O–H groups in total. The highest BCUT2D eigenvalue weighted by atomic mass is 16.3. The summed E-state index contributed by atoms with van der Waals surface area (Å²) in [5.41, 5.74) is 1.92. The molecule has 0 spiro atoms. The molecule has 1 aromatic heterocycles. The van der Waals surface area contributed by atoms with Crippen molar-refractivity contribution >= 4 is 0 Å². The Hall–Kier alpha value is -0.830. The van der Waals surface area contributed by atoms with Crippen LogP contribution < -0.4 is 0 Å². The van der Waals surface area contributed by atoms with Gasteiger partial charge in [0.1, 0.15) is 0 Å². The molecule has 0 radical (unpaired) electrons. The van der Waals surface area contributed by atoms with Crippen LogP contribution in [0.1, 0.15) is 30.5 Å². The maximum atomic E-state index is 8.98. The van der Waals surface area contributed by atoms with E-state index in [0.717, 1.165) is 23.7 Å². The van der Waals surface area contributed by atoms with Crippen molar-refractivity contribution in [3.8, 4) is 0 Å². The van der Waals surface area contributed by atoms with Gasteiger partial charge in [0.15, 0.2) is 0 Å². The third kappa shape index (κ3) is 1.75. The van der Waals surface area contributed by atoms with Crippen molar-refractivity contribution in [3.05, 3.63) is 17.5 Å². The summed E-state index contributed by atoms with van der Waals surface area (Å²) in [5.74, 6) is 0.825. The summed E-state index contributed by atoms with van der Waals surface area (Å²) in [6.07, 6.45) is 6.02. The number of aromatic nitrogens is 2. The first-order valence-electron chi connectivity index (χ1n) is 4.93. The van der Waals surface area contributed by atoms with Gasteiger partial charge in [-0.2, -0.15) is 5.10 Å². The lowest BCUT2D eigenvalue weighted by atomic mass is 9.85. The molecule has 0 aliphatic heterocycles. The van der Waals surface area contributed by atoms with E-state index < -0.39 is 0 Å². The molecule has 1 aliphatic rings. The van der Waals surface area contributed by atoms with E-state index in [9.17, 15) is 0 Å². The Labute approximate surface area is 78.4 Å². The Morgan fingerprint density at radius 1 is 1.62 bits per heavy atom. The number of nitrogens with zero attached hydrogens (tertiary/aromatic N) is 2. The molecule has 1 aromatic rings. The van der Waals surface area contributed by atoms with Crippen LogP contribution in [-0.4, -0.2) is 14.9 Å². The van der Waals surface area contributed by atoms with Crippen LogP contribution in [0.2, 0.25) is 0 Å². The lowest BCUT2D eigenvalue weighted by Crippen LogP contribution is -2.18. The Morgan fingerprint density at radius 3 is 2.85 bits per heavy atom. The van der Waals surface area contributed by atoms with Crippen molar-refractivity contribution < 1.29 is 5.11 Å². The van der Waals surface area contributed by atoms with E-state index >= 15 is 0 Å². The largest absolute Gasteiger partial charge is 0.392 e. The smallest absolute Gasteiger partial charge is 0.0715 e. The van der Waals surface area contributed by atoms with Gasteiger partial charge in [-0.15, -0.1) is 0 Å². The zero-order chi connectivity index (χ0) is 9.26. The SMILES string of the molecule is Cc1nn(CC2CCC2)cc1CO. The lowest BCUT2D eigenvalue weighted by molar-refractivity contribution is 0.264. The minimum atomic E-state index is 0.108. The van der Waals surface area contributed by atoms with E-state index in [1.807, 2.05) is 17.8 Å². The molecule has 0 saturated heterocycles. The van der Waals surface area contributed by atoms with Crippen molar-refractivity contribution in [3.63, 3.8) is 0 Å². The molecule has 1 fully saturated rings. The van der Waals surface area contributed by atoms with Crippen LogP contribution in [0.3, 0.4) is 0 Å². The molecule has 2 rings (SSSR count). The summed E-state index contributed by atoms with van der Waals surface area (Å²) in [4.78, 5) is 0. The van der Waals surface area contributed by atoms with Crippen LogP contribution in [0.25, 0.3) is 0 Å². The molecule has 0 aromatic carbocycles. The van der Waals surface area contributed by atoms with Gasteiger partial charge < -0.3 is 5.11 Å². The lowest BCUT2D eigenvalue weighted by Gasteiger charge is -2.24. The van der Waals surface area contributed by atoms with E-state index in [-0.39, 0.29) is 6.61 Å². The van der Waals surface area contributed by atoms with Crippen LogP contribution in [-0.2, 0) is 13.2 Å². The molecule has 72 valence electrons. The number of aryl methyl sites for hydroxylation is 1. The minimum absolute atomic E-state index is 0.108. The minimum Gasteiger partial charge on any atom is -0.392 e. The molecule has 1 heterocycles. The Bertz CT molecular complexity index is 289. The van der Waals surface area contributed by atoms with E-state index in [1.165, 1.54) is 19.3 Å². The first-order chi connectivity index (χ1) is 6.29. The molecular weight excluding hydrogens is 164 g/mol. The summed E-state index contributed by atoms with van der Waals surface area (Å²) >= 11 is 0. The van der Waals surface area contributed by atoms with E-state index in [1.54, 1.807) is 0 Å². The molecule has 0 atom stereocenters. The Morgan fingerprint density at radius 2 is 2.38 bits per heavy atom. The molecular formula is C10H16N2O. The van der Waals surface area contributed by atoms with E-state index in [4.69, 9.17) is 5.11 Å². The average molecular weight is 180 g/mol. The summed E-state index contributed by atoms with van der Waals surface area (Å²) in [5, 5.41) is 13.3. The number of aliphatic hydroxyl groups excluding tert-OH is 1. The zero-order valence-electron chi connectivity index (χ0n) is 8.03. The predicted molar refractivity (Wildman–Crippen MR) is 50.2 cm³/mol. The maximum absolute atomic E-state index is 8.98. The highest BCUT2D eigenvalue weighted by molar-refractivity contribution is 5.13.